The second kappa shape index (κ2) is 9.03. The van der Waals surface area contributed by atoms with Crippen molar-refractivity contribution in [3.8, 4) is 11.8 Å². The second-order valence-corrected chi connectivity index (χ2v) is 8.98. The lowest BCUT2D eigenvalue weighted by Crippen LogP contribution is -2.30. The maximum absolute atomic E-state index is 14.2. The average Bonchev–Trinajstić information content (AvgIpc) is 3.68. The molecular formula is C24H19ClFN9O2. The Morgan fingerprint density at radius 1 is 1.22 bits per heavy atom. The molecule has 0 bridgehead atoms. The summed E-state index contributed by atoms with van der Waals surface area (Å²) in [7, 11) is 0. The summed E-state index contributed by atoms with van der Waals surface area (Å²) >= 11 is 6.29. The molecule has 5 rings (SSSR count). The van der Waals surface area contributed by atoms with Gasteiger partial charge in [-0.15, -0.1) is 0 Å². The molecule has 7 N–H and O–H groups in total. The third-order valence-electron chi connectivity index (χ3n) is 6.04. The molecular weight excluding hydrogens is 501 g/mol. The number of nitrogens with two attached hydrogens (primary N) is 3. The maximum Gasteiger partial charge on any atom is 0.266 e. The summed E-state index contributed by atoms with van der Waals surface area (Å²) in [5.41, 5.74) is 17.0. The molecule has 1 aliphatic carbocycles. The third-order valence-corrected chi connectivity index (χ3v) is 6.32. The number of aromatic nitrogens is 4. The van der Waals surface area contributed by atoms with Gasteiger partial charge in [0.25, 0.3) is 5.56 Å². The highest BCUT2D eigenvalue weighted by atomic mass is 35.5. The summed E-state index contributed by atoms with van der Waals surface area (Å²) in [6.45, 7) is 0. The largest absolute Gasteiger partial charge is 0.382 e. The Morgan fingerprint density at radius 3 is 2.65 bits per heavy atom. The van der Waals surface area contributed by atoms with Crippen LogP contribution in [0.3, 0.4) is 0 Å². The van der Waals surface area contributed by atoms with E-state index in [1.165, 1.54) is 16.7 Å². The van der Waals surface area contributed by atoms with Crippen LogP contribution in [-0.2, 0) is 0 Å². The zero-order valence-corrected chi connectivity index (χ0v) is 19.8. The van der Waals surface area contributed by atoms with Gasteiger partial charge in [-0.1, -0.05) is 17.7 Å². The normalized spacial score (nSPS) is 13.8. The van der Waals surface area contributed by atoms with Gasteiger partial charge in [0.1, 0.15) is 29.1 Å². The molecule has 13 heteroatoms. The van der Waals surface area contributed by atoms with Gasteiger partial charge in [-0.3, -0.25) is 14.2 Å². The minimum Gasteiger partial charge on any atom is -0.382 e. The first-order valence-corrected chi connectivity index (χ1v) is 11.5. The van der Waals surface area contributed by atoms with Gasteiger partial charge < -0.3 is 22.5 Å². The quantitative estimate of drug-likeness (QED) is 0.296. The van der Waals surface area contributed by atoms with Crippen molar-refractivity contribution in [2.45, 2.75) is 18.9 Å². The number of anilines is 3. The topological polar surface area (TPSA) is 192 Å². The number of halogens is 2. The second-order valence-electron chi connectivity index (χ2n) is 8.57. The summed E-state index contributed by atoms with van der Waals surface area (Å²) < 4.78 is 15.5. The number of nitrogen functional groups attached to an aromatic ring is 2. The van der Waals surface area contributed by atoms with Gasteiger partial charge >= 0.3 is 0 Å². The predicted molar refractivity (Wildman–Crippen MR) is 135 cm³/mol. The van der Waals surface area contributed by atoms with Crippen molar-refractivity contribution in [3.63, 3.8) is 0 Å². The number of nitrogens with zero attached hydrogens (tertiary/aromatic N) is 5. The zero-order valence-electron chi connectivity index (χ0n) is 19.1. The van der Waals surface area contributed by atoms with Gasteiger partial charge in [-0.05, 0) is 49.1 Å². The molecule has 37 heavy (non-hydrogen) atoms. The molecule has 1 unspecified atom stereocenters. The summed E-state index contributed by atoms with van der Waals surface area (Å²) in [4.78, 5) is 38.3. The van der Waals surface area contributed by atoms with E-state index in [9.17, 15) is 19.2 Å². The number of rotatable bonds is 6. The third kappa shape index (κ3) is 4.36. The van der Waals surface area contributed by atoms with Crippen LogP contribution in [0.1, 0.15) is 40.6 Å². The highest BCUT2D eigenvalue weighted by molar-refractivity contribution is 6.35. The molecule has 11 nitrogen and oxygen atoms in total. The Labute approximate surface area is 213 Å². The van der Waals surface area contributed by atoms with Gasteiger partial charge in [0.15, 0.2) is 5.82 Å². The Kier molecular flexibility index (Phi) is 5.85. The fraction of sp³-hybridized carbons (Fsp3) is 0.167. The van der Waals surface area contributed by atoms with Crippen LogP contribution in [0.2, 0.25) is 5.02 Å². The molecule has 1 aliphatic rings. The first kappa shape index (κ1) is 24.0. The minimum atomic E-state index is -0.705. The number of amides is 1. The highest BCUT2D eigenvalue weighted by Crippen LogP contribution is 2.43. The number of nitriles is 1. The fourth-order valence-corrected chi connectivity index (χ4v) is 4.42. The van der Waals surface area contributed by atoms with E-state index in [1.54, 1.807) is 12.1 Å². The molecule has 1 amide bonds. The molecule has 0 aliphatic heterocycles. The van der Waals surface area contributed by atoms with Crippen molar-refractivity contribution in [1.82, 2.24) is 19.5 Å². The molecule has 2 aromatic heterocycles. The Morgan fingerprint density at radius 2 is 1.97 bits per heavy atom. The molecule has 186 valence electrons. The van der Waals surface area contributed by atoms with Gasteiger partial charge in [0, 0.05) is 5.56 Å². The minimum absolute atomic E-state index is 0.0156. The molecule has 4 aromatic rings. The van der Waals surface area contributed by atoms with Crippen LogP contribution >= 0.6 is 11.6 Å². The number of hydrogen-bond donors (Lipinski definition) is 4. The summed E-state index contributed by atoms with van der Waals surface area (Å²) in [6.07, 6.45) is 1.56. The van der Waals surface area contributed by atoms with Gasteiger partial charge in [0.05, 0.1) is 27.7 Å². The van der Waals surface area contributed by atoms with Crippen LogP contribution in [0.4, 0.5) is 22.0 Å². The van der Waals surface area contributed by atoms with Crippen LogP contribution in [-0.4, -0.2) is 25.4 Å². The van der Waals surface area contributed by atoms with Crippen molar-refractivity contribution >= 4 is 46.0 Å². The van der Waals surface area contributed by atoms with Gasteiger partial charge in [0.2, 0.25) is 11.9 Å². The number of fused-ring (bicyclic) bond motifs is 1. The van der Waals surface area contributed by atoms with Crippen LogP contribution in [0.25, 0.3) is 16.6 Å². The Balaban J connectivity index is 1.80. The van der Waals surface area contributed by atoms with Crippen molar-refractivity contribution < 1.29 is 9.18 Å². The zero-order chi connectivity index (χ0) is 26.4. The van der Waals surface area contributed by atoms with Crippen LogP contribution < -0.4 is 28.1 Å². The van der Waals surface area contributed by atoms with E-state index >= 15 is 0 Å². The number of nitrogens with one attached hydrogen (secondary N) is 1. The summed E-state index contributed by atoms with van der Waals surface area (Å²) in [5.74, 6) is -1.39. The summed E-state index contributed by atoms with van der Waals surface area (Å²) in [6, 6.07) is 9.50. The first-order valence-electron chi connectivity index (χ1n) is 11.1. The standard InChI is InChI=1S/C24H19ClFN9O2/c25-16-8-12(26)7-14-18(16)32-22(35(23(14)37)13-3-1-2-11(6-13)20(29)36)17(10-4-5-10)31-21-15(9-27)19(28)33-24(30)34-21/h1-3,6-8,10,17H,4-5H2,(H2,29,36)(H5,28,30,31,33,34). The van der Waals surface area contributed by atoms with Crippen LogP contribution in [0.5, 0.6) is 0 Å². The Hall–Kier alpha value is -4.76. The first-order chi connectivity index (χ1) is 17.7. The molecule has 1 saturated carbocycles. The molecule has 0 saturated heterocycles. The van der Waals surface area contributed by atoms with Crippen molar-refractivity contribution in [2.75, 3.05) is 16.8 Å². The van der Waals surface area contributed by atoms with Gasteiger partial charge in [-0.25, -0.2) is 9.37 Å². The number of benzene rings is 2. The maximum atomic E-state index is 14.2. The Bertz CT molecular complexity index is 1690. The number of hydrogen-bond acceptors (Lipinski definition) is 9. The van der Waals surface area contributed by atoms with Crippen molar-refractivity contribution in [2.24, 2.45) is 11.7 Å². The predicted octanol–water partition coefficient (Wildman–Crippen LogP) is 2.67. The number of carbonyl (C=O) groups is 1. The highest BCUT2D eigenvalue weighted by Gasteiger charge is 2.37. The van der Waals surface area contributed by atoms with E-state index in [2.05, 4.69) is 20.3 Å². The van der Waals surface area contributed by atoms with Crippen LogP contribution in [0, 0.1) is 23.1 Å². The van der Waals surface area contributed by atoms with Crippen molar-refractivity contribution in [3.05, 3.63) is 74.5 Å². The average molecular weight is 520 g/mol. The molecule has 1 fully saturated rings. The van der Waals surface area contributed by atoms with E-state index in [0.29, 0.717) is 0 Å². The van der Waals surface area contributed by atoms with E-state index in [1.807, 2.05) is 6.07 Å². The lowest BCUT2D eigenvalue weighted by Gasteiger charge is -2.24. The fourth-order valence-electron chi connectivity index (χ4n) is 4.17. The van der Waals surface area contributed by atoms with E-state index < -0.39 is 23.3 Å². The van der Waals surface area contributed by atoms with E-state index in [-0.39, 0.29) is 62.1 Å². The van der Waals surface area contributed by atoms with Gasteiger partial charge in [-0.2, -0.15) is 15.2 Å². The lowest BCUT2D eigenvalue weighted by molar-refractivity contribution is 0.1000. The lowest BCUT2D eigenvalue weighted by atomic mass is 10.1. The number of carbonyl (C=O) groups excluding carboxylic acids is 1. The molecule has 1 atom stereocenters. The smallest absolute Gasteiger partial charge is 0.266 e. The molecule has 0 radical (unpaired) electrons. The van der Waals surface area contributed by atoms with Crippen LogP contribution in [0.15, 0.2) is 41.2 Å². The van der Waals surface area contributed by atoms with E-state index in [0.717, 1.165) is 25.0 Å². The SMILES string of the molecule is N#Cc1c(N)nc(N)nc1NC(c1nc2c(Cl)cc(F)cc2c(=O)n1-c1cccc(C(N)=O)c1)C1CC1. The molecule has 2 heterocycles. The monoisotopic (exact) mass is 519 g/mol. The van der Waals surface area contributed by atoms with Crippen molar-refractivity contribution in [1.29, 1.82) is 5.26 Å². The molecule has 2 aromatic carbocycles. The summed E-state index contributed by atoms with van der Waals surface area (Å²) in [5, 5.41) is 12.7. The molecule has 0 spiro atoms. The van der Waals surface area contributed by atoms with E-state index in [4.69, 9.17) is 28.8 Å². The number of primary amides is 1.